The molecule has 0 aliphatic rings. The van der Waals surface area contributed by atoms with Crippen molar-refractivity contribution in [1.82, 2.24) is 10.3 Å². The molecule has 0 bridgehead atoms. The van der Waals surface area contributed by atoms with E-state index in [0.29, 0.717) is 6.04 Å². The van der Waals surface area contributed by atoms with E-state index in [4.69, 9.17) is 4.42 Å². The Morgan fingerprint density at radius 3 is 2.72 bits per heavy atom. The van der Waals surface area contributed by atoms with E-state index in [1.807, 2.05) is 30.3 Å². The zero-order chi connectivity index (χ0) is 12.8. The predicted octanol–water partition coefficient (Wildman–Crippen LogP) is 3.27. The Morgan fingerprint density at radius 1 is 1.22 bits per heavy atom. The zero-order valence-corrected chi connectivity index (χ0v) is 11.0. The van der Waals surface area contributed by atoms with Crippen LogP contribution in [0.15, 0.2) is 40.9 Å². The maximum Gasteiger partial charge on any atom is 0.194 e. The van der Waals surface area contributed by atoms with E-state index in [0.717, 1.165) is 36.6 Å². The number of nitrogens with one attached hydrogen (secondary N) is 1. The highest BCUT2D eigenvalue weighted by Gasteiger charge is 2.05. The molecule has 2 aromatic rings. The van der Waals surface area contributed by atoms with Crippen molar-refractivity contribution in [3.8, 4) is 11.3 Å². The molecule has 0 unspecified atom stereocenters. The molecule has 1 heterocycles. The van der Waals surface area contributed by atoms with Crippen LogP contribution in [-0.4, -0.2) is 17.6 Å². The Labute approximate surface area is 108 Å². The van der Waals surface area contributed by atoms with Gasteiger partial charge in [0.2, 0.25) is 0 Å². The zero-order valence-electron chi connectivity index (χ0n) is 11.0. The number of hydrogen-bond acceptors (Lipinski definition) is 3. The molecule has 1 aromatic carbocycles. The Hall–Kier alpha value is -1.61. The molecule has 96 valence electrons. The largest absolute Gasteiger partial charge is 0.441 e. The third-order valence-corrected chi connectivity index (χ3v) is 2.73. The molecular formula is C15H20N2O. The predicted molar refractivity (Wildman–Crippen MR) is 73.4 cm³/mol. The van der Waals surface area contributed by atoms with Crippen molar-refractivity contribution in [2.24, 2.45) is 0 Å². The van der Waals surface area contributed by atoms with Gasteiger partial charge in [0, 0.05) is 18.0 Å². The van der Waals surface area contributed by atoms with Gasteiger partial charge in [0.1, 0.15) is 0 Å². The van der Waals surface area contributed by atoms with Crippen molar-refractivity contribution in [2.45, 2.75) is 32.7 Å². The van der Waals surface area contributed by atoms with Crippen molar-refractivity contribution in [1.29, 1.82) is 0 Å². The summed E-state index contributed by atoms with van der Waals surface area (Å²) >= 11 is 0. The topological polar surface area (TPSA) is 38.1 Å². The van der Waals surface area contributed by atoms with E-state index in [1.54, 1.807) is 6.20 Å². The minimum absolute atomic E-state index is 0.537. The fourth-order valence-corrected chi connectivity index (χ4v) is 1.79. The Morgan fingerprint density at radius 2 is 2.00 bits per heavy atom. The number of benzene rings is 1. The summed E-state index contributed by atoms with van der Waals surface area (Å²) in [7, 11) is 0. The second-order valence-corrected chi connectivity index (χ2v) is 4.70. The van der Waals surface area contributed by atoms with E-state index in [2.05, 4.69) is 24.1 Å². The minimum atomic E-state index is 0.537. The summed E-state index contributed by atoms with van der Waals surface area (Å²) in [6.07, 6.45) is 3.74. The quantitative estimate of drug-likeness (QED) is 0.792. The van der Waals surface area contributed by atoms with Crippen LogP contribution in [0.2, 0.25) is 0 Å². The van der Waals surface area contributed by atoms with Crippen molar-refractivity contribution >= 4 is 0 Å². The van der Waals surface area contributed by atoms with Crippen LogP contribution in [0.4, 0.5) is 0 Å². The lowest BCUT2D eigenvalue weighted by Gasteiger charge is -2.05. The highest BCUT2D eigenvalue weighted by Crippen LogP contribution is 2.20. The minimum Gasteiger partial charge on any atom is -0.441 e. The summed E-state index contributed by atoms with van der Waals surface area (Å²) in [6.45, 7) is 5.30. The van der Waals surface area contributed by atoms with Crippen LogP contribution in [0.3, 0.4) is 0 Å². The summed E-state index contributed by atoms with van der Waals surface area (Å²) in [5.41, 5.74) is 1.08. The molecule has 3 heteroatoms. The van der Waals surface area contributed by atoms with Crippen LogP contribution >= 0.6 is 0 Å². The molecule has 0 aliphatic heterocycles. The van der Waals surface area contributed by atoms with E-state index < -0.39 is 0 Å². The Kier molecular flexibility index (Phi) is 4.53. The van der Waals surface area contributed by atoms with Crippen molar-refractivity contribution in [2.75, 3.05) is 6.54 Å². The van der Waals surface area contributed by atoms with Gasteiger partial charge in [-0.05, 0) is 13.0 Å². The Bertz CT molecular complexity index is 462. The molecule has 18 heavy (non-hydrogen) atoms. The number of nitrogens with zero attached hydrogens (tertiary/aromatic N) is 1. The normalized spacial score (nSPS) is 11.1. The molecule has 0 spiro atoms. The number of aryl methyl sites for hydroxylation is 1. The molecule has 0 fully saturated rings. The SMILES string of the molecule is CC(C)NCCCc1ncc(-c2ccccc2)o1. The van der Waals surface area contributed by atoms with Crippen LogP contribution < -0.4 is 5.32 Å². The standard InChI is InChI=1S/C15H20N2O/c1-12(2)16-10-6-9-15-17-11-14(18-15)13-7-4-3-5-8-13/h3-5,7-8,11-12,16H,6,9-10H2,1-2H3. The molecule has 3 nitrogen and oxygen atoms in total. The van der Waals surface area contributed by atoms with Gasteiger partial charge in [0.25, 0.3) is 0 Å². The third kappa shape index (κ3) is 3.70. The second kappa shape index (κ2) is 6.36. The molecule has 1 aromatic heterocycles. The maximum atomic E-state index is 5.74. The average molecular weight is 244 g/mol. The van der Waals surface area contributed by atoms with Gasteiger partial charge in [-0.15, -0.1) is 0 Å². The number of hydrogen-bond donors (Lipinski definition) is 1. The van der Waals surface area contributed by atoms with E-state index in [-0.39, 0.29) is 0 Å². The fraction of sp³-hybridized carbons (Fsp3) is 0.400. The van der Waals surface area contributed by atoms with Crippen LogP contribution in [0, 0.1) is 0 Å². The van der Waals surface area contributed by atoms with Crippen LogP contribution in [0.5, 0.6) is 0 Å². The van der Waals surface area contributed by atoms with Crippen LogP contribution in [-0.2, 0) is 6.42 Å². The van der Waals surface area contributed by atoms with E-state index in [9.17, 15) is 0 Å². The number of aromatic nitrogens is 1. The van der Waals surface area contributed by atoms with Gasteiger partial charge >= 0.3 is 0 Å². The Balaban J connectivity index is 1.87. The first-order valence-corrected chi connectivity index (χ1v) is 6.49. The third-order valence-electron chi connectivity index (χ3n) is 2.73. The molecule has 0 saturated carbocycles. The molecule has 0 aliphatic carbocycles. The number of oxazole rings is 1. The molecular weight excluding hydrogens is 224 g/mol. The van der Waals surface area contributed by atoms with E-state index in [1.165, 1.54) is 0 Å². The van der Waals surface area contributed by atoms with Gasteiger partial charge in [-0.25, -0.2) is 4.98 Å². The molecule has 0 atom stereocenters. The molecule has 1 N–H and O–H groups in total. The van der Waals surface area contributed by atoms with Crippen LogP contribution in [0.25, 0.3) is 11.3 Å². The molecule has 0 amide bonds. The first-order chi connectivity index (χ1) is 8.75. The average Bonchev–Trinajstić information content (AvgIpc) is 2.84. The summed E-state index contributed by atoms with van der Waals surface area (Å²) < 4.78 is 5.74. The summed E-state index contributed by atoms with van der Waals surface area (Å²) in [4.78, 5) is 4.31. The van der Waals surface area contributed by atoms with Gasteiger partial charge in [-0.1, -0.05) is 44.2 Å². The summed E-state index contributed by atoms with van der Waals surface area (Å²) in [5.74, 6) is 1.67. The lowest BCUT2D eigenvalue weighted by molar-refractivity contribution is 0.484. The highest BCUT2D eigenvalue weighted by atomic mass is 16.4. The first kappa shape index (κ1) is 12.8. The van der Waals surface area contributed by atoms with Gasteiger partial charge in [0.05, 0.1) is 6.20 Å². The maximum absolute atomic E-state index is 5.74. The van der Waals surface area contributed by atoms with Crippen molar-refractivity contribution in [3.05, 3.63) is 42.4 Å². The fourth-order valence-electron chi connectivity index (χ4n) is 1.79. The monoisotopic (exact) mass is 244 g/mol. The lowest BCUT2D eigenvalue weighted by Crippen LogP contribution is -2.23. The summed E-state index contributed by atoms with van der Waals surface area (Å²) in [6, 6.07) is 10.6. The summed E-state index contributed by atoms with van der Waals surface area (Å²) in [5, 5.41) is 3.38. The first-order valence-electron chi connectivity index (χ1n) is 6.49. The molecule has 0 saturated heterocycles. The highest BCUT2D eigenvalue weighted by molar-refractivity contribution is 5.55. The molecule has 2 rings (SSSR count). The van der Waals surface area contributed by atoms with Gasteiger partial charge in [-0.2, -0.15) is 0 Å². The van der Waals surface area contributed by atoms with Crippen molar-refractivity contribution in [3.63, 3.8) is 0 Å². The lowest BCUT2D eigenvalue weighted by atomic mass is 10.2. The van der Waals surface area contributed by atoms with Gasteiger partial charge in [-0.3, -0.25) is 0 Å². The smallest absolute Gasteiger partial charge is 0.194 e. The second-order valence-electron chi connectivity index (χ2n) is 4.70. The van der Waals surface area contributed by atoms with E-state index >= 15 is 0 Å². The van der Waals surface area contributed by atoms with Crippen LogP contribution in [0.1, 0.15) is 26.2 Å². The molecule has 0 radical (unpaired) electrons. The van der Waals surface area contributed by atoms with Crippen molar-refractivity contribution < 1.29 is 4.42 Å². The number of rotatable bonds is 6. The van der Waals surface area contributed by atoms with Gasteiger partial charge < -0.3 is 9.73 Å². The van der Waals surface area contributed by atoms with Gasteiger partial charge in [0.15, 0.2) is 11.7 Å².